The van der Waals surface area contributed by atoms with Crippen molar-refractivity contribution in [2.45, 2.75) is 19.9 Å². The van der Waals surface area contributed by atoms with E-state index in [0.717, 1.165) is 11.0 Å². The highest BCUT2D eigenvalue weighted by molar-refractivity contribution is 5.97. The Bertz CT molecular complexity index is 1240. The number of hydrogen-bond acceptors (Lipinski definition) is 5. The van der Waals surface area contributed by atoms with Gasteiger partial charge < -0.3 is 15.4 Å². The zero-order chi connectivity index (χ0) is 23.2. The molecule has 0 aliphatic heterocycles. The third kappa shape index (κ3) is 5.35. The number of pyridine rings is 1. The Morgan fingerprint density at radius 2 is 1.73 bits per heavy atom. The fourth-order valence-electron chi connectivity index (χ4n) is 3.38. The van der Waals surface area contributed by atoms with Crippen LogP contribution < -0.4 is 15.4 Å². The van der Waals surface area contributed by atoms with Crippen LogP contribution in [0.15, 0.2) is 79.3 Å². The van der Waals surface area contributed by atoms with Crippen LogP contribution in [0.1, 0.15) is 13.8 Å². The van der Waals surface area contributed by atoms with E-state index in [2.05, 4.69) is 20.6 Å². The third-order valence-corrected chi connectivity index (χ3v) is 5.09. The first-order valence-corrected chi connectivity index (χ1v) is 10.7. The molecule has 4 aromatic rings. The number of nitrogens with zero attached hydrogens (tertiary/aromatic N) is 3. The molecule has 0 fully saturated rings. The van der Waals surface area contributed by atoms with E-state index in [9.17, 15) is 9.59 Å². The molecule has 2 amide bonds. The van der Waals surface area contributed by atoms with Crippen molar-refractivity contribution >= 4 is 28.5 Å². The van der Waals surface area contributed by atoms with Crippen LogP contribution in [-0.4, -0.2) is 39.0 Å². The Balaban J connectivity index is 1.38. The number of fused-ring (bicyclic) bond motifs is 1. The molecule has 2 aromatic heterocycles. The van der Waals surface area contributed by atoms with Crippen molar-refractivity contribution in [3.63, 3.8) is 0 Å². The van der Waals surface area contributed by atoms with E-state index in [-0.39, 0.29) is 24.3 Å². The molecule has 2 heterocycles. The van der Waals surface area contributed by atoms with Gasteiger partial charge in [0.15, 0.2) is 6.61 Å². The molecule has 0 radical (unpaired) electrons. The van der Waals surface area contributed by atoms with Crippen LogP contribution in [0.25, 0.3) is 16.9 Å². The molecule has 8 heteroatoms. The molecule has 33 heavy (non-hydrogen) atoms. The van der Waals surface area contributed by atoms with Crippen LogP contribution in [-0.2, 0) is 9.59 Å². The molecule has 2 aromatic carbocycles. The van der Waals surface area contributed by atoms with Gasteiger partial charge in [0, 0.05) is 0 Å². The number of carbonyl (C=O) groups excluding carboxylic acids is 2. The molecule has 1 unspecified atom stereocenters. The number of benzene rings is 2. The summed E-state index contributed by atoms with van der Waals surface area (Å²) in [6.07, 6.45) is 3.30. The van der Waals surface area contributed by atoms with Crippen LogP contribution in [0, 0.1) is 5.92 Å². The molecule has 0 aliphatic rings. The average molecular weight is 444 g/mol. The minimum atomic E-state index is -0.714. The van der Waals surface area contributed by atoms with Gasteiger partial charge in [0.2, 0.25) is 5.91 Å². The monoisotopic (exact) mass is 443 g/mol. The second-order valence-electron chi connectivity index (χ2n) is 7.89. The predicted molar refractivity (Wildman–Crippen MR) is 126 cm³/mol. The van der Waals surface area contributed by atoms with Gasteiger partial charge in [0.1, 0.15) is 23.9 Å². The van der Waals surface area contributed by atoms with Gasteiger partial charge in [-0.2, -0.15) is 0 Å². The van der Waals surface area contributed by atoms with Crippen LogP contribution in [0.2, 0.25) is 0 Å². The first kappa shape index (κ1) is 22.0. The van der Waals surface area contributed by atoms with Crippen LogP contribution in [0.5, 0.6) is 5.75 Å². The van der Waals surface area contributed by atoms with E-state index in [0.29, 0.717) is 17.3 Å². The SMILES string of the molecule is CC(C)C(NC(=O)COc1ccccc1)C(=O)Nc1ccc(-n2cnc3ccccc32)nc1. The molecule has 0 saturated carbocycles. The smallest absolute Gasteiger partial charge is 0.258 e. The largest absolute Gasteiger partial charge is 0.484 e. The van der Waals surface area contributed by atoms with Gasteiger partial charge in [-0.15, -0.1) is 0 Å². The first-order chi connectivity index (χ1) is 16.0. The lowest BCUT2D eigenvalue weighted by Gasteiger charge is -2.21. The van der Waals surface area contributed by atoms with Gasteiger partial charge in [-0.3, -0.25) is 14.2 Å². The lowest BCUT2D eigenvalue weighted by molar-refractivity contribution is -0.128. The molecule has 2 N–H and O–H groups in total. The highest BCUT2D eigenvalue weighted by Gasteiger charge is 2.24. The summed E-state index contributed by atoms with van der Waals surface area (Å²) in [5.74, 6) is 0.479. The average Bonchev–Trinajstić information content (AvgIpc) is 3.26. The maximum Gasteiger partial charge on any atom is 0.258 e. The zero-order valence-electron chi connectivity index (χ0n) is 18.4. The quantitative estimate of drug-likeness (QED) is 0.434. The second-order valence-corrected chi connectivity index (χ2v) is 7.89. The van der Waals surface area contributed by atoms with Gasteiger partial charge in [-0.25, -0.2) is 9.97 Å². The lowest BCUT2D eigenvalue weighted by atomic mass is 10.0. The van der Waals surface area contributed by atoms with Crippen LogP contribution in [0.3, 0.4) is 0 Å². The summed E-state index contributed by atoms with van der Waals surface area (Å²) >= 11 is 0. The van der Waals surface area contributed by atoms with Crippen molar-refractivity contribution in [3.05, 3.63) is 79.3 Å². The van der Waals surface area contributed by atoms with Gasteiger partial charge in [0.25, 0.3) is 5.91 Å². The van der Waals surface area contributed by atoms with Gasteiger partial charge in [0.05, 0.1) is 22.9 Å². The molecular formula is C25H25N5O3. The number of aromatic nitrogens is 3. The van der Waals surface area contributed by atoms with Crippen molar-refractivity contribution in [1.82, 2.24) is 19.9 Å². The van der Waals surface area contributed by atoms with Crippen molar-refractivity contribution in [1.29, 1.82) is 0 Å². The maximum absolute atomic E-state index is 12.8. The van der Waals surface area contributed by atoms with Crippen molar-refractivity contribution < 1.29 is 14.3 Å². The Hall–Kier alpha value is -4.20. The molecule has 8 nitrogen and oxygen atoms in total. The Kier molecular flexibility index (Phi) is 6.64. The fraction of sp³-hybridized carbons (Fsp3) is 0.200. The molecule has 0 aliphatic carbocycles. The van der Waals surface area contributed by atoms with E-state index in [1.165, 1.54) is 0 Å². The first-order valence-electron chi connectivity index (χ1n) is 10.7. The topological polar surface area (TPSA) is 98.1 Å². The highest BCUT2D eigenvalue weighted by Crippen LogP contribution is 2.18. The predicted octanol–water partition coefficient (Wildman–Crippen LogP) is 3.58. The highest BCUT2D eigenvalue weighted by atomic mass is 16.5. The maximum atomic E-state index is 12.8. The molecule has 4 rings (SSSR count). The van der Waals surface area contributed by atoms with E-state index in [4.69, 9.17) is 4.74 Å². The number of hydrogen-bond donors (Lipinski definition) is 2. The number of nitrogens with one attached hydrogen (secondary N) is 2. The summed E-state index contributed by atoms with van der Waals surface area (Å²) in [6.45, 7) is 3.57. The van der Waals surface area contributed by atoms with E-state index in [1.54, 1.807) is 36.8 Å². The molecular weight excluding hydrogens is 418 g/mol. The van der Waals surface area contributed by atoms with Crippen molar-refractivity contribution in [3.8, 4) is 11.6 Å². The molecule has 0 bridgehead atoms. The normalized spacial score (nSPS) is 11.8. The van der Waals surface area contributed by atoms with E-state index >= 15 is 0 Å². The molecule has 0 saturated heterocycles. The minimum Gasteiger partial charge on any atom is -0.484 e. The third-order valence-electron chi connectivity index (χ3n) is 5.09. The summed E-state index contributed by atoms with van der Waals surface area (Å²) in [4.78, 5) is 34.0. The summed E-state index contributed by atoms with van der Waals surface area (Å²) in [5.41, 5.74) is 2.36. The number of carbonyl (C=O) groups is 2. The molecule has 168 valence electrons. The summed E-state index contributed by atoms with van der Waals surface area (Å²) in [5, 5.41) is 5.58. The van der Waals surface area contributed by atoms with Gasteiger partial charge in [-0.1, -0.05) is 44.2 Å². The zero-order valence-corrected chi connectivity index (χ0v) is 18.4. The molecule has 1 atom stereocenters. The standard InChI is InChI=1S/C25H25N5O3/c1-17(2)24(29-23(31)15-33-19-8-4-3-5-9-19)25(32)28-18-12-13-22(26-14-18)30-16-27-20-10-6-7-11-21(20)30/h3-14,16-17,24H,15H2,1-2H3,(H,28,32)(H,29,31). The second kappa shape index (κ2) is 9.95. The number of imidazole rings is 1. The number of anilines is 1. The number of ether oxygens (including phenoxy) is 1. The van der Waals surface area contributed by atoms with Crippen LogP contribution in [0.4, 0.5) is 5.69 Å². The Morgan fingerprint density at radius 3 is 2.45 bits per heavy atom. The Labute approximate surface area is 191 Å². The number of amides is 2. The number of rotatable bonds is 8. The molecule has 0 spiro atoms. The minimum absolute atomic E-state index is 0.116. The fourth-order valence-corrected chi connectivity index (χ4v) is 3.38. The lowest BCUT2D eigenvalue weighted by Crippen LogP contribution is -2.48. The van der Waals surface area contributed by atoms with Gasteiger partial charge >= 0.3 is 0 Å². The van der Waals surface area contributed by atoms with E-state index < -0.39 is 6.04 Å². The Morgan fingerprint density at radius 1 is 0.970 bits per heavy atom. The summed E-state index contributed by atoms with van der Waals surface area (Å²) < 4.78 is 7.34. The van der Waals surface area contributed by atoms with E-state index in [1.807, 2.05) is 60.9 Å². The van der Waals surface area contributed by atoms with Crippen molar-refractivity contribution in [2.24, 2.45) is 5.92 Å². The van der Waals surface area contributed by atoms with Gasteiger partial charge in [-0.05, 0) is 42.3 Å². The van der Waals surface area contributed by atoms with Crippen LogP contribution >= 0.6 is 0 Å². The number of para-hydroxylation sites is 3. The summed E-state index contributed by atoms with van der Waals surface area (Å²) in [7, 11) is 0. The van der Waals surface area contributed by atoms with Crippen molar-refractivity contribution in [2.75, 3.05) is 11.9 Å². The summed E-state index contributed by atoms with van der Waals surface area (Å²) in [6, 6.07) is 19.7.